The zero-order chi connectivity index (χ0) is 24.9. The Morgan fingerprint density at radius 3 is 2.37 bits per heavy atom. The molecule has 1 N–H and O–H groups in total. The molecule has 4 rings (SSSR count). The summed E-state index contributed by atoms with van der Waals surface area (Å²) in [5.74, 6) is 1.70. The number of benzene rings is 3. The zero-order valence-electron chi connectivity index (χ0n) is 20.7. The minimum Gasteiger partial charge on any atom is -0.497 e. The number of nitrogens with zero attached hydrogens (tertiary/aromatic N) is 1. The topological polar surface area (TPSA) is 77.1 Å². The number of methoxy groups -OCH3 is 3. The Morgan fingerprint density at radius 1 is 0.943 bits per heavy atom. The second-order valence-electron chi connectivity index (χ2n) is 8.79. The predicted octanol–water partition coefficient (Wildman–Crippen LogP) is 4.60. The summed E-state index contributed by atoms with van der Waals surface area (Å²) in [6.45, 7) is 2.93. The van der Waals surface area contributed by atoms with Gasteiger partial charge in [-0.25, -0.2) is 0 Å². The molecule has 3 aromatic rings. The third-order valence-corrected chi connectivity index (χ3v) is 6.68. The van der Waals surface area contributed by atoms with Crippen LogP contribution >= 0.6 is 0 Å². The lowest BCUT2D eigenvalue weighted by molar-refractivity contribution is -0.127. The van der Waals surface area contributed by atoms with Crippen LogP contribution in [-0.2, 0) is 4.79 Å². The van der Waals surface area contributed by atoms with Gasteiger partial charge in [-0.2, -0.15) is 0 Å². The van der Waals surface area contributed by atoms with Crippen LogP contribution in [0, 0.1) is 5.92 Å². The Kier molecular flexibility index (Phi) is 7.44. The van der Waals surface area contributed by atoms with Crippen molar-refractivity contribution in [3.8, 4) is 17.2 Å². The van der Waals surface area contributed by atoms with Crippen molar-refractivity contribution < 1.29 is 23.8 Å². The highest BCUT2D eigenvalue weighted by molar-refractivity contribution is 6.08. The van der Waals surface area contributed by atoms with Gasteiger partial charge in [-0.15, -0.1) is 0 Å². The molecule has 0 saturated carbocycles. The lowest BCUT2D eigenvalue weighted by Crippen LogP contribution is -2.46. The van der Waals surface area contributed by atoms with Crippen molar-refractivity contribution in [2.75, 3.05) is 34.4 Å². The first kappa shape index (κ1) is 24.4. The molecule has 0 radical (unpaired) electrons. The molecule has 0 aromatic heterocycles. The van der Waals surface area contributed by atoms with Crippen molar-refractivity contribution in [2.45, 2.75) is 25.8 Å². The van der Waals surface area contributed by atoms with Crippen molar-refractivity contribution >= 4 is 22.6 Å². The maximum Gasteiger partial charge on any atom is 0.254 e. The van der Waals surface area contributed by atoms with E-state index in [1.54, 1.807) is 26.2 Å². The molecule has 0 unspecified atom stereocenters. The lowest BCUT2D eigenvalue weighted by Gasteiger charge is -2.33. The average Bonchev–Trinajstić information content (AvgIpc) is 2.91. The van der Waals surface area contributed by atoms with Crippen LogP contribution in [-0.4, -0.2) is 51.1 Å². The molecule has 7 heteroatoms. The van der Waals surface area contributed by atoms with Gasteiger partial charge in [0.15, 0.2) is 0 Å². The van der Waals surface area contributed by atoms with E-state index in [1.807, 2.05) is 61.5 Å². The molecule has 2 amide bonds. The van der Waals surface area contributed by atoms with Gasteiger partial charge < -0.3 is 24.4 Å². The van der Waals surface area contributed by atoms with Gasteiger partial charge >= 0.3 is 0 Å². The van der Waals surface area contributed by atoms with Crippen molar-refractivity contribution in [2.24, 2.45) is 5.92 Å². The predicted molar refractivity (Wildman–Crippen MR) is 135 cm³/mol. The van der Waals surface area contributed by atoms with Gasteiger partial charge in [0.25, 0.3) is 5.91 Å². The van der Waals surface area contributed by atoms with Gasteiger partial charge in [-0.3, -0.25) is 9.59 Å². The van der Waals surface area contributed by atoms with E-state index >= 15 is 0 Å². The van der Waals surface area contributed by atoms with Crippen molar-refractivity contribution in [1.29, 1.82) is 0 Å². The molecule has 184 valence electrons. The molecule has 0 spiro atoms. The monoisotopic (exact) mass is 476 g/mol. The number of hydrogen-bond acceptors (Lipinski definition) is 5. The first-order chi connectivity index (χ1) is 17.0. The SMILES string of the molecule is COc1ccc(OC)c([C@@H](C)NC(=O)[C@@H]2CCCN(C(=O)c3ccc(OC)c4ccccc34)C2)c1. The summed E-state index contributed by atoms with van der Waals surface area (Å²) in [5, 5.41) is 4.85. The molecule has 7 nitrogen and oxygen atoms in total. The molecular weight excluding hydrogens is 444 g/mol. The summed E-state index contributed by atoms with van der Waals surface area (Å²) in [6.07, 6.45) is 1.51. The standard InChI is InChI=1S/C28H32N2O5/c1-18(24-16-20(33-2)11-13-26(24)35-4)29-27(31)19-8-7-15-30(17-19)28(32)23-12-14-25(34-3)22-10-6-5-9-21(22)23/h5-6,9-14,16,18-19H,7-8,15,17H2,1-4H3,(H,29,31)/t18-,19-/m1/s1. The highest BCUT2D eigenvalue weighted by Gasteiger charge is 2.30. The molecule has 1 heterocycles. The van der Waals surface area contributed by atoms with Crippen LogP contribution in [0.5, 0.6) is 17.2 Å². The first-order valence-corrected chi connectivity index (χ1v) is 11.8. The average molecular weight is 477 g/mol. The van der Waals surface area contributed by atoms with Gasteiger partial charge in [0, 0.05) is 29.6 Å². The Hall–Kier alpha value is -3.74. The Morgan fingerprint density at radius 2 is 1.66 bits per heavy atom. The summed E-state index contributed by atoms with van der Waals surface area (Å²) in [4.78, 5) is 28.5. The van der Waals surface area contributed by atoms with E-state index in [1.165, 1.54) is 0 Å². The number of piperidine rings is 1. The molecular formula is C28H32N2O5. The molecule has 1 aliphatic heterocycles. The van der Waals surface area contributed by atoms with E-state index in [2.05, 4.69) is 5.32 Å². The lowest BCUT2D eigenvalue weighted by atomic mass is 9.94. The number of hydrogen-bond donors (Lipinski definition) is 1. The molecule has 1 aliphatic rings. The molecule has 3 aromatic carbocycles. The molecule has 1 fully saturated rings. The van der Waals surface area contributed by atoms with Crippen LogP contribution in [0.15, 0.2) is 54.6 Å². The number of ether oxygens (including phenoxy) is 3. The van der Waals surface area contributed by atoms with Crippen molar-refractivity contribution in [3.05, 3.63) is 65.7 Å². The highest BCUT2D eigenvalue weighted by Crippen LogP contribution is 2.31. The number of rotatable bonds is 7. The number of amides is 2. The minimum absolute atomic E-state index is 0.0659. The maximum atomic E-state index is 13.5. The second kappa shape index (κ2) is 10.7. The van der Waals surface area contributed by atoms with E-state index in [9.17, 15) is 9.59 Å². The van der Waals surface area contributed by atoms with Crippen molar-refractivity contribution in [3.63, 3.8) is 0 Å². The third-order valence-electron chi connectivity index (χ3n) is 6.68. The fourth-order valence-electron chi connectivity index (χ4n) is 4.77. The van der Waals surface area contributed by atoms with Crippen LogP contribution < -0.4 is 19.5 Å². The number of fused-ring (bicyclic) bond motifs is 1. The summed E-state index contributed by atoms with van der Waals surface area (Å²) in [7, 11) is 4.83. The van der Waals surface area contributed by atoms with E-state index in [0.717, 1.165) is 34.9 Å². The van der Waals surface area contributed by atoms with Crippen LogP contribution in [0.2, 0.25) is 0 Å². The molecule has 1 saturated heterocycles. The van der Waals surface area contributed by atoms with Crippen LogP contribution in [0.4, 0.5) is 0 Å². The van der Waals surface area contributed by atoms with Crippen LogP contribution in [0.3, 0.4) is 0 Å². The quantitative estimate of drug-likeness (QED) is 0.540. The van der Waals surface area contributed by atoms with Gasteiger partial charge in [0.05, 0.1) is 33.3 Å². The van der Waals surface area contributed by atoms with E-state index < -0.39 is 0 Å². The number of carbonyl (C=O) groups is 2. The number of likely N-dealkylation sites (tertiary alicyclic amines) is 1. The Bertz CT molecular complexity index is 1230. The number of carbonyl (C=O) groups excluding carboxylic acids is 2. The summed E-state index contributed by atoms with van der Waals surface area (Å²) < 4.78 is 16.3. The smallest absolute Gasteiger partial charge is 0.254 e. The summed E-state index contributed by atoms with van der Waals surface area (Å²) in [6, 6.07) is 16.6. The van der Waals surface area contributed by atoms with Crippen molar-refractivity contribution in [1.82, 2.24) is 10.2 Å². The van der Waals surface area contributed by atoms with E-state index in [0.29, 0.717) is 30.2 Å². The zero-order valence-corrected chi connectivity index (χ0v) is 20.7. The van der Waals surface area contributed by atoms with Gasteiger partial charge in [-0.05, 0) is 55.5 Å². The van der Waals surface area contributed by atoms with E-state index in [-0.39, 0.29) is 23.8 Å². The summed E-state index contributed by atoms with van der Waals surface area (Å²) >= 11 is 0. The van der Waals surface area contributed by atoms with Crippen LogP contribution in [0.1, 0.15) is 41.7 Å². The second-order valence-corrected chi connectivity index (χ2v) is 8.79. The fraction of sp³-hybridized carbons (Fsp3) is 0.357. The first-order valence-electron chi connectivity index (χ1n) is 11.8. The Balaban J connectivity index is 1.49. The molecule has 2 atom stereocenters. The minimum atomic E-state index is -0.281. The molecule has 35 heavy (non-hydrogen) atoms. The number of nitrogens with one attached hydrogen (secondary N) is 1. The normalized spacial score (nSPS) is 16.5. The van der Waals surface area contributed by atoms with Gasteiger partial charge in [-0.1, -0.05) is 24.3 Å². The maximum absolute atomic E-state index is 13.5. The molecule has 0 aliphatic carbocycles. The summed E-state index contributed by atoms with van der Waals surface area (Å²) in [5.41, 5.74) is 1.46. The van der Waals surface area contributed by atoms with Gasteiger partial charge in [0.1, 0.15) is 17.2 Å². The molecule has 0 bridgehead atoms. The van der Waals surface area contributed by atoms with Crippen LogP contribution in [0.25, 0.3) is 10.8 Å². The largest absolute Gasteiger partial charge is 0.497 e. The Labute approximate surface area is 206 Å². The third kappa shape index (κ3) is 5.04. The van der Waals surface area contributed by atoms with E-state index in [4.69, 9.17) is 14.2 Å². The fourth-order valence-corrected chi connectivity index (χ4v) is 4.77. The van der Waals surface area contributed by atoms with Gasteiger partial charge in [0.2, 0.25) is 5.91 Å². The highest BCUT2D eigenvalue weighted by atomic mass is 16.5.